The Labute approximate surface area is 169 Å². The molecule has 3 atom stereocenters. The van der Waals surface area contributed by atoms with Crippen LogP contribution in [0.1, 0.15) is 36.5 Å². The van der Waals surface area contributed by atoms with Crippen LogP contribution in [0.25, 0.3) is 0 Å². The average Bonchev–Trinajstić information content (AvgIpc) is 3.04. The second kappa shape index (κ2) is 8.06. The molecule has 2 aliphatic heterocycles. The van der Waals surface area contributed by atoms with Crippen molar-refractivity contribution in [3.05, 3.63) is 59.3 Å². The quantitative estimate of drug-likeness (QED) is 0.836. The van der Waals surface area contributed by atoms with Crippen LogP contribution in [0.5, 0.6) is 0 Å². The maximum atomic E-state index is 13.4. The van der Waals surface area contributed by atoms with Crippen LogP contribution < -0.4 is 4.90 Å². The van der Waals surface area contributed by atoms with Crippen molar-refractivity contribution in [2.45, 2.75) is 38.3 Å². The third-order valence-corrected chi connectivity index (χ3v) is 6.01. The summed E-state index contributed by atoms with van der Waals surface area (Å²) in [6, 6.07) is 7.61. The summed E-state index contributed by atoms with van der Waals surface area (Å²) in [6.07, 6.45) is 2.54. The van der Waals surface area contributed by atoms with Crippen molar-refractivity contribution in [1.82, 2.24) is 9.88 Å². The summed E-state index contributed by atoms with van der Waals surface area (Å²) in [6.45, 7) is 4.18. The number of piperazine rings is 1. The summed E-state index contributed by atoms with van der Waals surface area (Å²) in [5.41, 5.74) is 1.45. The minimum absolute atomic E-state index is 0.129. The van der Waals surface area contributed by atoms with Crippen LogP contribution in [0.3, 0.4) is 0 Å². The van der Waals surface area contributed by atoms with Crippen molar-refractivity contribution in [3.8, 4) is 0 Å². The monoisotopic (exact) mass is 401 g/mol. The topological polar surface area (TPSA) is 56.7 Å². The molecule has 154 valence electrons. The molecule has 3 heterocycles. The molecule has 1 amide bonds. The second-order valence-electron chi connectivity index (χ2n) is 8.02. The predicted octanol–water partition coefficient (Wildman–Crippen LogP) is 3.22. The van der Waals surface area contributed by atoms with Crippen LogP contribution in [0.15, 0.2) is 36.5 Å². The number of benzene rings is 1. The van der Waals surface area contributed by atoms with Gasteiger partial charge in [0.25, 0.3) is 0 Å². The fourth-order valence-corrected chi connectivity index (χ4v) is 4.35. The first-order valence-corrected chi connectivity index (χ1v) is 10.0. The van der Waals surface area contributed by atoms with E-state index in [9.17, 15) is 18.7 Å². The van der Waals surface area contributed by atoms with Gasteiger partial charge in [-0.3, -0.25) is 4.79 Å². The maximum absolute atomic E-state index is 13.4. The van der Waals surface area contributed by atoms with E-state index in [4.69, 9.17) is 0 Å². The minimum atomic E-state index is -0.972. The molecular weight excluding hydrogens is 376 g/mol. The van der Waals surface area contributed by atoms with E-state index in [1.165, 1.54) is 6.07 Å². The molecule has 5 nitrogen and oxygen atoms in total. The summed E-state index contributed by atoms with van der Waals surface area (Å²) in [5.74, 6) is -0.994. The van der Waals surface area contributed by atoms with Crippen molar-refractivity contribution in [3.63, 3.8) is 0 Å². The van der Waals surface area contributed by atoms with Gasteiger partial charge < -0.3 is 14.9 Å². The van der Waals surface area contributed by atoms with E-state index < -0.39 is 17.7 Å². The smallest absolute Gasteiger partial charge is 0.226 e. The number of aryl methyl sites for hydroxylation is 1. The second-order valence-corrected chi connectivity index (χ2v) is 8.02. The Hall–Kier alpha value is -2.54. The first kappa shape index (κ1) is 19.8. The summed E-state index contributed by atoms with van der Waals surface area (Å²) in [5, 5.41) is 10.3. The van der Waals surface area contributed by atoms with Gasteiger partial charge in [0.1, 0.15) is 5.82 Å². The number of hydrogen-bond donors (Lipinski definition) is 1. The Bertz CT molecular complexity index is 890. The zero-order valence-electron chi connectivity index (χ0n) is 16.4. The Morgan fingerprint density at radius 2 is 2.03 bits per heavy atom. The van der Waals surface area contributed by atoms with Crippen molar-refractivity contribution in [2.75, 3.05) is 24.5 Å². The molecule has 2 saturated heterocycles. The molecular formula is C22H25F2N3O2. The van der Waals surface area contributed by atoms with Crippen LogP contribution in [0.2, 0.25) is 0 Å². The predicted molar refractivity (Wildman–Crippen MR) is 105 cm³/mol. The molecule has 4 rings (SSSR count). The highest BCUT2D eigenvalue weighted by Gasteiger charge is 2.42. The van der Waals surface area contributed by atoms with Gasteiger partial charge in [-0.15, -0.1) is 0 Å². The van der Waals surface area contributed by atoms with Crippen molar-refractivity contribution in [1.29, 1.82) is 0 Å². The number of amides is 1. The largest absolute Gasteiger partial charge is 0.388 e. The fourth-order valence-electron chi connectivity index (χ4n) is 4.35. The van der Waals surface area contributed by atoms with Crippen LogP contribution in [-0.4, -0.2) is 46.6 Å². The molecule has 1 aromatic carbocycles. The molecule has 2 fully saturated rings. The Balaban J connectivity index is 1.35. The third-order valence-electron chi connectivity index (χ3n) is 6.01. The van der Waals surface area contributed by atoms with Crippen LogP contribution in [0.4, 0.5) is 14.6 Å². The van der Waals surface area contributed by atoms with Gasteiger partial charge in [0.05, 0.1) is 12.1 Å². The molecule has 0 spiro atoms. The lowest BCUT2D eigenvalue weighted by atomic mass is 9.95. The average molecular weight is 401 g/mol. The van der Waals surface area contributed by atoms with Gasteiger partial charge in [-0.25, -0.2) is 13.8 Å². The lowest BCUT2D eigenvalue weighted by Crippen LogP contribution is -2.51. The van der Waals surface area contributed by atoms with Gasteiger partial charge >= 0.3 is 0 Å². The summed E-state index contributed by atoms with van der Waals surface area (Å²) < 4.78 is 26.5. The molecule has 29 heavy (non-hydrogen) atoms. The highest BCUT2D eigenvalue weighted by atomic mass is 19.2. The van der Waals surface area contributed by atoms with Crippen molar-refractivity contribution in [2.24, 2.45) is 5.92 Å². The van der Waals surface area contributed by atoms with Gasteiger partial charge in [0, 0.05) is 31.7 Å². The van der Waals surface area contributed by atoms with Crippen molar-refractivity contribution < 1.29 is 18.7 Å². The fraction of sp³-hybridized carbons (Fsp3) is 0.455. The molecule has 0 bridgehead atoms. The maximum Gasteiger partial charge on any atom is 0.226 e. The molecule has 1 unspecified atom stereocenters. The number of anilines is 1. The zero-order chi connectivity index (χ0) is 20.5. The molecule has 0 saturated carbocycles. The van der Waals surface area contributed by atoms with E-state index in [0.717, 1.165) is 43.0 Å². The van der Waals surface area contributed by atoms with Gasteiger partial charge in [0.15, 0.2) is 11.6 Å². The molecule has 7 heteroatoms. The Morgan fingerprint density at radius 3 is 2.76 bits per heavy atom. The number of rotatable bonds is 5. The molecule has 0 aliphatic carbocycles. The SMILES string of the molecule is Cc1ccc(N2CCN3C(=O)[C@@H](CCC(O)c4ccc(F)c(F)c4)C[C@H]3C2)nc1. The summed E-state index contributed by atoms with van der Waals surface area (Å²) in [4.78, 5) is 21.4. The van der Waals surface area contributed by atoms with Crippen LogP contribution >= 0.6 is 0 Å². The summed E-state index contributed by atoms with van der Waals surface area (Å²) in [7, 11) is 0. The standard InChI is InChI=1S/C22H25F2N3O2/c1-14-2-7-21(25-12-14)26-8-9-27-17(13-26)10-16(22(27)29)4-6-20(28)15-3-5-18(23)19(24)11-15/h2-3,5,7,11-12,16-17,20,28H,4,6,8-10,13H2,1H3/t16-,17-,20?/m0/s1. The van der Waals surface area contributed by atoms with E-state index in [2.05, 4.69) is 9.88 Å². The van der Waals surface area contributed by atoms with Gasteiger partial charge in [0.2, 0.25) is 5.91 Å². The molecule has 1 aromatic heterocycles. The Morgan fingerprint density at radius 1 is 1.21 bits per heavy atom. The number of carbonyl (C=O) groups is 1. The highest BCUT2D eigenvalue weighted by molar-refractivity contribution is 5.82. The zero-order valence-corrected chi connectivity index (χ0v) is 16.4. The molecule has 1 N–H and O–H groups in total. The number of aliphatic hydroxyl groups is 1. The van der Waals surface area contributed by atoms with Crippen LogP contribution in [0, 0.1) is 24.5 Å². The van der Waals surface area contributed by atoms with Gasteiger partial charge in [-0.05, 0) is 55.5 Å². The lowest BCUT2D eigenvalue weighted by molar-refractivity contribution is -0.132. The molecule has 2 aromatic rings. The Kier molecular flexibility index (Phi) is 5.50. The van der Waals surface area contributed by atoms with Gasteiger partial charge in [-0.2, -0.15) is 0 Å². The number of pyridine rings is 1. The number of aliphatic hydroxyl groups excluding tert-OH is 1. The number of carbonyl (C=O) groups excluding carboxylic acids is 1. The first-order chi connectivity index (χ1) is 13.9. The van der Waals surface area contributed by atoms with E-state index in [1.54, 1.807) is 0 Å². The van der Waals surface area contributed by atoms with E-state index >= 15 is 0 Å². The number of halogens is 2. The molecule has 2 aliphatic rings. The van der Waals surface area contributed by atoms with E-state index in [-0.39, 0.29) is 17.9 Å². The van der Waals surface area contributed by atoms with Crippen LogP contribution in [-0.2, 0) is 4.79 Å². The number of fused-ring (bicyclic) bond motifs is 1. The van der Waals surface area contributed by atoms with E-state index in [0.29, 0.717) is 24.9 Å². The minimum Gasteiger partial charge on any atom is -0.388 e. The highest BCUT2D eigenvalue weighted by Crippen LogP contribution is 2.33. The molecule has 0 radical (unpaired) electrons. The first-order valence-electron chi connectivity index (χ1n) is 10.0. The van der Waals surface area contributed by atoms with Crippen molar-refractivity contribution >= 4 is 11.7 Å². The summed E-state index contributed by atoms with van der Waals surface area (Å²) >= 11 is 0. The number of hydrogen-bond acceptors (Lipinski definition) is 4. The third kappa shape index (κ3) is 4.10. The number of aromatic nitrogens is 1. The van der Waals surface area contributed by atoms with Gasteiger partial charge in [-0.1, -0.05) is 12.1 Å². The number of nitrogens with zero attached hydrogens (tertiary/aromatic N) is 3. The normalized spacial score (nSPS) is 22.7. The van der Waals surface area contributed by atoms with E-state index in [1.807, 2.05) is 30.2 Å². The lowest BCUT2D eigenvalue weighted by Gasteiger charge is -2.38.